The molecule has 2 heterocycles. The van der Waals surface area contributed by atoms with Crippen LogP contribution < -0.4 is 0 Å². The van der Waals surface area contributed by atoms with Crippen molar-refractivity contribution in [2.24, 2.45) is 0 Å². The molecule has 0 spiro atoms. The van der Waals surface area contributed by atoms with Crippen LogP contribution in [-0.2, 0) is 6.42 Å². The fourth-order valence-electron chi connectivity index (χ4n) is 8.13. The Morgan fingerprint density at radius 2 is 1.06 bits per heavy atom. The molecule has 8 aromatic rings. The predicted molar refractivity (Wildman–Crippen MR) is 219 cm³/mol. The molecule has 3 heteroatoms. The third kappa shape index (κ3) is 5.68. The van der Waals surface area contributed by atoms with E-state index in [0.717, 1.165) is 58.9 Å². The number of pyridine rings is 1. The Hall–Kier alpha value is -6.71. The molecule has 2 aliphatic rings. The monoisotopic (exact) mass is 677 g/mol. The minimum atomic E-state index is 0.731. The van der Waals surface area contributed by atoms with Gasteiger partial charge in [-0.2, -0.15) is 0 Å². The van der Waals surface area contributed by atoms with Crippen molar-refractivity contribution in [1.29, 1.82) is 0 Å². The van der Waals surface area contributed by atoms with Gasteiger partial charge in [-0.1, -0.05) is 146 Å². The van der Waals surface area contributed by atoms with E-state index in [2.05, 4.69) is 140 Å². The number of aromatic nitrogens is 3. The smallest absolute Gasteiger partial charge is 0.160 e. The van der Waals surface area contributed by atoms with Crippen molar-refractivity contribution in [3.8, 4) is 56.3 Å². The third-order valence-corrected chi connectivity index (χ3v) is 10.8. The summed E-state index contributed by atoms with van der Waals surface area (Å²) < 4.78 is 0. The van der Waals surface area contributed by atoms with Gasteiger partial charge < -0.3 is 0 Å². The average Bonchev–Trinajstić information content (AvgIpc) is 3.63. The molecule has 0 saturated carbocycles. The summed E-state index contributed by atoms with van der Waals surface area (Å²) in [7, 11) is 0. The SMILES string of the molecule is C1=C(c2ccc(-c3cc(-c4ccccc4)nc(-c4ccccc4)n3)cc2)CCC(c2cc3c(c4ccccc24)Cc2cccc(-c4ccccn4)c2-3)=C1. The van der Waals surface area contributed by atoms with E-state index < -0.39 is 0 Å². The van der Waals surface area contributed by atoms with E-state index in [-0.39, 0.29) is 0 Å². The minimum Gasteiger partial charge on any atom is -0.256 e. The van der Waals surface area contributed by atoms with Gasteiger partial charge >= 0.3 is 0 Å². The fourth-order valence-corrected chi connectivity index (χ4v) is 8.13. The highest BCUT2D eigenvalue weighted by atomic mass is 14.9. The van der Waals surface area contributed by atoms with Crippen molar-refractivity contribution in [3.05, 3.63) is 198 Å². The fraction of sp³-hybridized carbons (Fsp3) is 0.0600. The van der Waals surface area contributed by atoms with Crippen LogP contribution in [0.4, 0.5) is 0 Å². The molecule has 0 fully saturated rings. The lowest BCUT2D eigenvalue weighted by Gasteiger charge is -2.19. The van der Waals surface area contributed by atoms with Crippen molar-refractivity contribution in [1.82, 2.24) is 15.0 Å². The van der Waals surface area contributed by atoms with Crippen LogP contribution in [0.3, 0.4) is 0 Å². The summed E-state index contributed by atoms with van der Waals surface area (Å²) in [4.78, 5) is 14.7. The standard InChI is InChI=1S/C50H35N3/c1-3-12-36(13-4-1)47-32-48(53-50(52-47)38-14-5-2-6-15-38)37-27-23-34(24-28-37)33-21-25-35(26-22-33)43-31-45-44(41-18-8-7-17-40(41)43)30-39-16-11-19-42(49(39)45)46-20-9-10-29-51-46/h1-21,23-25,27-29,31-32H,22,26,30H2. The van der Waals surface area contributed by atoms with Crippen LogP contribution in [-0.4, -0.2) is 15.0 Å². The summed E-state index contributed by atoms with van der Waals surface area (Å²) in [6.45, 7) is 0. The summed E-state index contributed by atoms with van der Waals surface area (Å²) in [6, 6.07) is 55.8. The second kappa shape index (κ2) is 13.1. The maximum atomic E-state index is 5.03. The zero-order valence-electron chi connectivity index (χ0n) is 29.2. The van der Waals surface area contributed by atoms with Crippen LogP contribution >= 0.6 is 0 Å². The van der Waals surface area contributed by atoms with Crippen LogP contribution in [0, 0.1) is 0 Å². The molecule has 10 rings (SSSR count). The van der Waals surface area contributed by atoms with E-state index in [1.807, 2.05) is 36.5 Å². The zero-order valence-corrected chi connectivity index (χ0v) is 29.2. The minimum absolute atomic E-state index is 0.731. The van der Waals surface area contributed by atoms with Gasteiger partial charge in [-0.25, -0.2) is 9.97 Å². The lowest BCUT2D eigenvalue weighted by atomic mass is 9.85. The number of hydrogen-bond donors (Lipinski definition) is 0. The molecule has 6 aromatic carbocycles. The van der Waals surface area contributed by atoms with Gasteiger partial charge in [0.1, 0.15) is 0 Å². The highest BCUT2D eigenvalue weighted by Crippen LogP contribution is 2.48. The Balaban J connectivity index is 0.999. The molecule has 0 amide bonds. The molecule has 0 N–H and O–H groups in total. The average molecular weight is 678 g/mol. The molecular weight excluding hydrogens is 643 g/mol. The van der Waals surface area contributed by atoms with E-state index in [9.17, 15) is 0 Å². The number of nitrogens with zero attached hydrogens (tertiary/aromatic N) is 3. The Morgan fingerprint density at radius 1 is 0.415 bits per heavy atom. The second-order valence-corrected chi connectivity index (χ2v) is 13.9. The molecule has 0 radical (unpaired) electrons. The molecule has 53 heavy (non-hydrogen) atoms. The van der Waals surface area contributed by atoms with Gasteiger partial charge in [0.2, 0.25) is 0 Å². The second-order valence-electron chi connectivity index (χ2n) is 13.9. The molecule has 250 valence electrons. The van der Waals surface area contributed by atoms with Crippen molar-refractivity contribution in [2.45, 2.75) is 19.3 Å². The van der Waals surface area contributed by atoms with Crippen LogP contribution in [0.2, 0.25) is 0 Å². The highest BCUT2D eigenvalue weighted by molar-refractivity contribution is 6.05. The lowest BCUT2D eigenvalue weighted by molar-refractivity contribution is 1.07. The van der Waals surface area contributed by atoms with Crippen molar-refractivity contribution >= 4 is 21.9 Å². The number of fused-ring (bicyclic) bond motifs is 5. The Kier molecular flexibility index (Phi) is 7.69. The number of benzene rings is 6. The van der Waals surface area contributed by atoms with Gasteiger partial charge in [0.25, 0.3) is 0 Å². The largest absolute Gasteiger partial charge is 0.256 e. The first-order valence-electron chi connectivity index (χ1n) is 18.4. The maximum absolute atomic E-state index is 5.03. The van der Waals surface area contributed by atoms with Gasteiger partial charge in [-0.05, 0) is 98.8 Å². The zero-order chi connectivity index (χ0) is 35.1. The first-order valence-corrected chi connectivity index (χ1v) is 18.4. The van der Waals surface area contributed by atoms with E-state index in [1.54, 1.807) is 0 Å². The van der Waals surface area contributed by atoms with Gasteiger partial charge in [-0.15, -0.1) is 0 Å². The quantitative estimate of drug-likeness (QED) is 0.176. The van der Waals surface area contributed by atoms with E-state index in [0.29, 0.717) is 0 Å². The molecule has 3 nitrogen and oxygen atoms in total. The summed E-state index contributed by atoms with van der Waals surface area (Å²) in [5, 5.41) is 2.69. The maximum Gasteiger partial charge on any atom is 0.160 e. The van der Waals surface area contributed by atoms with Crippen LogP contribution in [0.15, 0.2) is 176 Å². The summed E-state index contributed by atoms with van der Waals surface area (Å²) in [5.74, 6) is 0.731. The van der Waals surface area contributed by atoms with Gasteiger partial charge in [0.05, 0.1) is 17.1 Å². The first kappa shape index (κ1) is 31.1. The number of allylic oxidation sites excluding steroid dienone is 4. The van der Waals surface area contributed by atoms with E-state index >= 15 is 0 Å². The number of hydrogen-bond acceptors (Lipinski definition) is 3. The molecule has 2 aromatic heterocycles. The molecular formula is C50H35N3. The summed E-state index contributed by atoms with van der Waals surface area (Å²) >= 11 is 0. The first-order chi connectivity index (χ1) is 26.3. The van der Waals surface area contributed by atoms with Crippen molar-refractivity contribution < 1.29 is 0 Å². The molecule has 0 atom stereocenters. The van der Waals surface area contributed by atoms with Gasteiger partial charge in [-0.3, -0.25) is 4.98 Å². The number of rotatable bonds is 6. The van der Waals surface area contributed by atoms with Gasteiger partial charge in [0, 0.05) is 28.5 Å². The summed E-state index contributed by atoms with van der Waals surface area (Å²) in [5.41, 5.74) is 18.0. The highest BCUT2D eigenvalue weighted by Gasteiger charge is 2.26. The van der Waals surface area contributed by atoms with Crippen molar-refractivity contribution in [3.63, 3.8) is 0 Å². The molecule has 0 bridgehead atoms. The van der Waals surface area contributed by atoms with Crippen LogP contribution in [0.5, 0.6) is 0 Å². The van der Waals surface area contributed by atoms with Crippen molar-refractivity contribution in [2.75, 3.05) is 0 Å². The molecule has 0 saturated heterocycles. The molecule has 2 aliphatic carbocycles. The Labute approximate surface area is 309 Å². The normalized spacial score (nSPS) is 13.3. The summed E-state index contributed by atoms with van der Waals surface area (Å²) in [6.07, 6.45) is 9.48. The Bertz CT molecular complexity index is 2650. The van der Waals surface area contributed by atoms with Crippen LogP contribution in [0.25, 0.3) is 78.2 Å². The van der Waals surface area contributed by atoms with Crippen LogP contribution in [0.1, 0.15) is 35.1 Å². The van der Waals surface area contributed by atoms with E-state index in [1.165, 1.54) is 60.9 Å². The third-order valence-electron chi connectivity index (χ3n) is 10.8. The predicted octanol–water partition coefficient (Wildman–Crippen LogP) is 12.5. The topological polar surface area (TPSA) is 38.7 Å². The molecule has 0 unspecified atom stereocenters. The van der Waals surface area contributed by atoms with Gasteiger partial charge in [0.15, 0.2) is 5.82 Å². The molecule has 0 aliphatic heterocycles. The Morgan fingerprint density at radius 3 is 1.77 bits per heavy atom. The van der Waals surface area contributed by atoms with E-state index in [4.69, 9.17) is 15.0 Å². The lowest BCUT2D eigenvalue weighted by Crippen LogP contribution is -1.97.